The molecule has 0 aromatic heterocycles. The summed E-state index contributed by atoms with van der Waals surface area (Å²) < 4.78 is 5.56. The van der Waals surface area contributed by atoms with E-state index in [1.54, 1.807) is 6.08 Å². The Morgan fingerprint density at radius 1 is 1.38 bits per heavy atom. The van der Waals surface area contributed by atoms with Gasteiger partial charge in [0, 0.05) is 12.1 Å². The average molecular weight is 217 g/mol. The van der Waals surface area contributed by atoms with E-state index in [0.29, 0.717) is 12.5 Å². The normalized spacial score (nSPS) is 11.2. The monoisotopic (exact) mass is 217 g/mol. The second-order valence-corrected chi connectivity index (χ2v) is 3.51. The quantitative estimate of drug-likeness (QED) is 0.309. The smallest absolute Gasteiger partial charge is 0.216 e. The largest absolute Gasteiger partial charge is 0.473 e. The fourth-order valence-corrected chi connectivity index (χ4v) is 1.28. The van der Waals surface area contributed by atoms with Crippen molar-refractivity contribution in [2.45, 2.75) is 19.8 Å². The molecule has 0 unspecified atom stereocenters. The molecule has 0 fully saturated rings. The molecule has 16 heavy (non-hydrogen) atoms. The molecule has 0 saturated carbocycles. The number of nitrogens with zero attached hydrogens (tertiary/aromatic N) is 1. The standard InChI is InChI=1S/C14H19NO/c1-3-5-11-15-14(16-12-4-2)13-9-7-6-8-10-13/h4,6-10H,2-3,5,11-12H2,1H3. The molecule has 2 nitrogen and oxygen atoms in total. The van der Waals surface area contributed by atoms with Crippen LogP contribution in [0.2, 0.25) is 0 Å². The minimum atomic E-state index is 0.500. The highest BCUT2D eigenvalue weighted by Gasteiger charge is 2.02. The maximum Gasteiger partial charge on any atom is 0.216 e. The van der Waals surface area contributed by atoms with Crippen molar-refractivity contribution in [3.8, 4) is 0 Å². The summed E-state index contributed by atoms with van der Waals surface area (Å²) in [6, 6.07) is 9.98. The van der Waals surface area contributed by atoms with Crippen LogP contribution in [-0.4, -0.2) is 19.0 Å². The van der Waals surface area contributed by atoms with Crippen LogP contribution in [0.5, 0.6) is 0 Å². The summed E-state index contributed by atoms with van der Waals surface area (Å²) in [5, 5.41) is 0. The molecule has 0 spiro atoms. The van der Waals surface area contributed by atoms with Gasteiger partial charge in [0.05, 0.1) is 0 Å². The molecule has 0 atom stereocenters. The molecule has 1 rings (SSSR count). The van der Waals surface area contributed by atoms with Crippen molar-refractivity contribution in [1.82, 2.24) is 0 Å². The van der Waals surface area contributed by atoms with Gasteiger partial charge in [0.15, 0.2) is 0 Å². The zero-order valence-electron chi connectivity index (χ0n) is 9.86. The molecule has 86 valence electrons. The molecule has 0 heterocycles. The molecular formula is C14H19NO. The van der Waals surface area contributed by atoms with Gasteiger partial charge in [-0.15, -0.1) is 0 Å². The van der Waals surface area contributed by atoms with Crippen molar-refractivity contribution < 1.29 is 4.74 Å². The van der Waals surface area contributed by atoms with Gasteiger partial charge in [-0.1, -0.05) is 44.2 Å². The van der Waals surface area contributed by atoms with E-state index < -0.39 is 0 Å². The van der Waals surface area contributed by atoms with Crippen LogP contribution >= 0.6 is 0 Å². The highest BCUT2D eigenvalue weighted by molar-refractivity contribution is 5.94. The van der Waals surface area contributed by atoms with Crippen LogP contribution in [0.3, 0.4) is 0 Å². The summed E-state index contributed by atoms with van der Waals surface area (Å²) >= 11 is 0. The van der Waals surface area contributed by atoms with E-state index in [0.717, 1.165) is 24.9 Å². The summed E-state index contributed by atoms with van der Waals surface area (Å²) in [7, 11) is 0. The summed E-state index contributed by atoms with van der Waals surface area (Å²) in [6.07, 6.45) is 3.97. The molecule has 0 aliphatic carbocycles. The van der Waals surface area contributed by atoms with Gasteiger partial charge in [-0.2, -0.15) is 0 Å². The molecule has 0 aliphatic heterocycles. The maximum absolute atomic E-state index is 5.56. The van der Waals surface area contributed by atoms with Crippen molar-refractivity contribution in [2.24, 2.45) is 4.99 Å². The second-order valence-electron chi connectivity index (χ2n) is 3.51. The van der Waals surface area contributed by atoms with Gasteiger partial charge in [0.1, 0.15) is 6.61 Å². The number of aliphatic imine (C=N–C) groups is 1. The van der Waals surface area contributed by atoms with Crippen molar-refractivity contribution in [1.29, 1.82) is 0 Å². The molecule has 2 heteroatoms. The van der Waals surface area contributed by atoms with Crippen LogP contribution in [0, 0.1) is 0 Å². The molecule has 0 saturated heterocycles. The second kappa shape index (κ2) is 7.69. The first kappa shape index (κ1) is 12.5. The highest BCUT2D eigenvalue weighted by Crippen LogP contribution is 2.03. The minimum Gasteiger partial charge on any atom is -0.473 e. The van der Waals surface area contributed by atoms with E-state index in [1.165, 1.54) is 0 Å². The summed E-state index contributed by atoms with van der Waals surface area (Å²) in [6.45, 7) is 7.12. The van der Waals surface area contributed by atoms with E-state index in [9.17, 15) is 0 Å². The summed E-state index contributed by atoms with van der Waals surface area (Å²) in [5.74, 6) is 0.717. The Kier molecular flexibility index (Phi) is 6.00. The number of hydrogen-bond donors (Lipinski definition) is 0. The average Bonchev–Trinajstić information content (AvgIpc) is 2.35. The summed E-state index contributed by atoms with van der Waals surface area (Å²) in [4.78, 5) is 4.47. The molecule has 1 aromatic rings. The van der Waals surface area contributed by atoms with Gasteiger partial charge in [0.25, 0.3) is 0 Å². The Morgan fingerprint density at radius 3 is 2.75 bits per heavy atom. The van der Waals surface area contributed by atoms with Crippen molar-refractivity contribution in [3.05, 3.63) is 48.6 Å². The Balaban J connectivity index is 2.70. The molecule has 0 radical (unpaired) electrons. The van der Waals surface area contributed by atoms with Gasteiger partial charge >= 0.3 is 0 Å². The summed E-state index contributed by atoms with van der Waals surface area (Å²) in [5.41, 5.74) is 1.03. The van der Waals surface area contributed by atoms with Crippen LogP contribution in [0.25, 0.3) is 0 Å². The zero-order chi connectivity index (χ0) is 11.6. The van der Waals surface area contributed by atoms with Crippen molar-refractivity contribution >= 4 is 5.90 Å². The molecule has 0 amide bonds. The van der Waals surface area contributed by atoms with Gasteiger partial charge in [0.2, 0.25) is 5.90 Å². The lowest BCUT2D eigenvalue weighted by Gasteiger charge is -2.07. The lowest BCUT2D eigenvalue weighted by molar-refractivity contribution is 0.350. The Morgan fingerprint density at radius 2 is 2.12 bits per heavy atom. The SMILES string of the molecule is C=CCOC(=NCCCC)c1ccccc1. The van der Waals surface area contributed by atoms with Crippen molar-refractivity contribution in [2.75, 3.05) is 13.2 Å². The zero-order valence-corrected chi connectivity index (χ0v) is 9.86. The van der Waals surface area contributed by atoms with E-state index in [1.807, 2.05) is 30.3 Å². The van der Waals surface area contributed by atoms with E-state index >= 15 is 0 Å². The highest BCUT2D eigenvalue weighted by atomic mass is 16.5. The lowest BCUT2D eigenvalue weighted by Crippen LogP contribution is -2.07. The van der Waals surface area contributed by atoms with E-state index in [4.69, 9.17) is 4.74 Å². The Bertz CT molecular complexity index is 330. The van der Waals surface area contributed by atoms with Gasteiger partial charge in [-0.05, 0) is 18.6 Å². The van der Waals surface area contributed by atoms with Crippen LogP contribution in [-0.2, 0) is 4.74 Å². The lowest BCUT2D eigenvalue weighted by atomic mass is 10.2. The van der Waals surface area contributed by atoms with Crippen LogP contribution in [0.15, 0.2) is 48.0 Å². The maximum atomic E-state index is 5.56. The van der Waals surface area contributed by atoms with Gasteiger partial charge in [-0.25, -0.2) is 0 Å². The molecule has 1 aromatic carbocycles. The van der Waals surface area contributed by atoms with Gasteiger partial charge < -0.3 is 4.74 Å². The third kappa shape index (κ3) is 4.30. The van der Waals surface area contributed by atoms with Gasteiger partial charge in [-0.3, -0.25) is 4.99 Å². The predicted molar refractivity (Wildman–Crippen MR) is 68.9 cm³/mol. The third-order valence-corrected chi connectivity index (χ3v) is 2.13. The number of ether oxygens (including phenoxy) is 1. The number of unbranched alkanes of at least 4 members (excludes halogenated alkanes) is 1. The molecule has 0 bridgehead atoms. The van der Waals surface area contributed by atoms with E-state index in [2.05, 4.69) is 18.5 Å². The Hall–Kier alpha value is -1.57. The topological polar surface area (TPSA) is 21.6 Å². The van der Waals surface area contributed by atoms with Crippen molar-refractivity contribution in [3.63, 3.8) is 0 Å². The molecule has 0 N–H and O–H groups in total. The van der Waals surface area contributed by atoms with Crippen LogP contribution in [0.4, 0.5) is 0 Å². The first-order valence-corrected chi connectivity index (χ1v) is 5.72. The number of rotatable bonds is 6. The fourth-order valence-electron chi connectivity index (χ4n) is 1.28. The predicted octanol–water partition coefficient (Wildman–Crippen LogP) is 3.44. The number of benzene rings is 1. The third-order valence-electron chi connectivity index (χ3n) is 2.13. The molecule has 0 aliphatic rings. The molecular weight excluding hydrogens is 198 g/mol. The first-order chi connectivity index (χ1) is 7.88. The van der Waals surface area contributed by atoms with Crippen LogP contribution in [0.1, 0.15) is 25.3 Å². The minimum absolute atomic E-state index is 0.500. The van der Waals surface area contributed by atoms with Crippen LogP contribution < -0.4 is 0 Å². The Labute approximate surface area is 97.7 Å². The first-order valence-electron chi connectivity index (χ1n) is 5.72. The fraction of sp³-hybridized carbons (Fsp3) is 0.357. The van der Waals surface area contributed by atoms with E-state index in [-0.39, 0.29) is 0 Å². The number of hydrogen-bond acceptors (Lipinski definition) is 2.